The van der Waals surface area contributed by atoms with Gasteiger partial charge in [0.05, 0.1) is 12.8 Å². The number of urea groups is 1. The molecule has 0 unspecified atom stereocenters. The molecule has 0 saturated carbocycles. The molecule has 3 rings (SSSR count). The summed E-state index contributed by atoms with van der Waals surface area (Å²) in [5.41, 5.74) is 1.73. The van der Waals surface area contributed by atoms with Gasteiger partial charge in [0.2, 0.25) is 5.89 Å². The Balaban J connectivity index is 1.49. The highest BCUT2D eigenvalue weighted by Crippen LogP contribution is 2.21. The van der Waals surface area contributed by atoms with Crippen LogP contribution in [0.15, 0.2) is 34.9 Å². The highest BCUT2D eigenvalue weighted by molar-refractivity contribution is 5.74. The van der Waals surface area contributed by atoms with E-state index >= 15 is 0 Å². The largest absolute Gasteiger partial charge is 0.497 e. The van der Waals surface area contributed by atoms with Crippen LogP contribution in [0.2, 0.25) is 0 Å². The second-order valence-corrected chi connectivity index (χ2v) is 6.55. The van der Waals surface area contributed by atoms with Crippen LogP contribution >= 0.6 is 0 Å². The van der Waals surface area contributed by atoms with Gasteiger partial charge in [-0.05, 0) is 43.0 Å². The Bertz CT molecular complexity index is 696. The molecule has 6 heteroatoms. The molecule has 1 saturated heterocycles. The van der Waals surface area contributed by atoms with Crippen molar-refractivity contribution in [3.05, 3.63) is 36.2 Å². The fraction of sp³-hybridized carbons (Fsp3) is 0.474. The zero-order chi connectivity index (χ0) is 17.6. The van der Waals surface area contributed by atoms with Gasteiger partial charge in [0.25, 0.3) is 0 Å². The first-order valence-electron chi connectivity index (χ1n) is 8.77. The minimum absolute atomic E-state index is 0.0189. The fourth-order valence-electron chi connectivity index (χ4n) is 3.07. The number of likely N-dealkylation sites (tertiary alicyclic amines) is 1. The second kappa shape index (κ2) is 8.05. The minimum Gasteiger partial charge on any atom is -0.497 e. The quantitative estimate of drug-likeness (QED) is 0.904. The maximum Gasteiger partial charge on any atom is 0.317 e. The van der Waals surface area contributed by atoms with E-state index < -0.39 is 0 Å². The number of nitrogens with zero attached hydrogens (tertiary/aromatic N) is 2. The van der Waals surface area contributed by atoms with Gasteiger partial charge < -0.3 is 19.4 Å². The molecular formula is C19H25N3O3. The molecule has 2 amide bonds. The summed E-state index contributed by atoms with van der Waals surface area (Å²) in [6.07, 6.45) is 4.59. The van der Waals surface area contributed by atoms with E-state index in [0.29, 0.717) is 24.8 Å². The van der Waals surface area contributed by atoms with E-state index in [1.165, 1.54) is 6.42 Å². The molecule has 1 aromatic heterocycles. The van der Waals surface area contributed by atoms with Gasteiger partial charge in [-0.25, -0.2) is 9.78 Å². The molecule has 0 bridgehead atoms. The Kier molecular flexibility index (Phi) is 5.58. The minimum atomic E-state index is 0.0189. The topological polar surface area (TPSA) is 67.6 Å². The predicted octanol–water partition coefficient (Wildman–Crippen LogP) is 3.33. The smallest absolute Gasteiger partial charge is 0.317 e. The van der Waals surface area contributed by atoms with Crippen molar-refractivity contribution in [3.63, 3.8) is 0 Å². The Labute approximate surface area is 148 Å². The summed E-state index contributed by atoms with van der Waals surface area (Å²) in [4.78, 5) is 18.6. The van der Waals surface area contributed by atoms with Gasteiger partial charge in [-0.15, -0.1) is 0 Å². The Morgan fingerprint density at radius 1 is 1.40 bits per heavy atom. The molecule has 134 valence electrons. The van der Waals surface area contributed by atoms with E-state index in [1.54, 1.807) is 13.4 Å². The number of carbonyl (C=O) groups excluding carboxylic acids is 1. The van der Waals surface area contributed by atoms with Crippen LogP contribution in [0.25, 0.3) is 11.5 Å². The van der Waals surface area contributed by atoms with Crippen LogP contribution in [-0.4, -0.2) is 42.7 Å². The number of aromatic nitrogens is 1. The standard InChI is InChI=1S/C19H25N3O3/c1-14-4-3-11-22(12-14)19(23)20-10-9-16-13-25-18(21-16)15-5-7-17(24-2)8-6-15/h5-8,13-14H,3-4,9-12H2,1-2H3,(H,20,23)/t14-/m1/s1. The first kappa shape index (κ1) is 17.3. The number of rotatable bonds is 5. The lowest BCUT2D eigenvalue weighted by Crippen LogP contribution is -2.45. The summed E-state index contributed by atoms with van der Waals surface area (Å²) in [6, 6.07) is 7.59. The van der Waals surface area contributed by atoms with E-state index in [-0.39, 0.29) is 6.03 Å². The van der Waals surface area contributed by atoms with Gasteiger partial charge in [-0.3, -0.25) is 0 Å². The molecule has 1 aromatic carbocycles. The summed E-state index contributed by atoms with van der Waals surface area (Å²) in [6.45, 7) is 4.44. The van der Waals surface area contributed by atoms with Gasteiger partial charge in [0.15, 0.2) is 0 Å². The molecule has 1 aliphatic rings. The average molecular weight is 343 g/mol. The molecular weight excluding hydrogens is 318 g/mol. The number of carbonyl (C=O) groups is 1. The lowest BCUT2D eigenvalue weighted by molar-refractivity contribution is 0.170. The van der Waals surface area contributed by atoms with Crippen LogP contribution in [0.5, 0.6) is 5.75 Å². The van der Waals surface area contributed by atoms with Gasteiger partial charge >= 0.3 is 6.03 Å². The second-order valence-electron chi connectivity index (χ2n) is 6.55. The first-order valence-corrected chi connectivity index (χ1v) is 8.77. The number of ether oxygens (including phenoxy) is 1. The van der Waals surface area contributed by atoms with Crippen molar-refractivity contribution < 1.29 is 13.9 Å². The molecule has 25 heavy (non-hydrogen) atoms. The lowest BCUT2D eigenvalue weighted by atomic mass is 10.0. The van der Waals surface area contributed by atoms with E-state index in [2.05, 4.69) is 17.2 Å². The van der Waals surface area contributed by atoms with Crippen molar-refractivity contribution in [2.45, 2.75) is 26.2 Å². The molecule has 1 fully saturated rings. The molecule has 0 aliphatic carbocycles. The molecule has 2 heterocycles. The zero-order valence-electron chi connectivity index (χ0n) is 14.8. The van der Waals surface area contributed by atoms with E-state index in [1.807, 2.05) is 29.2 Å². The average Bonchev–Trinajstić information content (AvgIpc) is 3.10. The molecule has 1 atom stereocenters. The number of nitrogens with one attached hydrogen (secondary N) is 1. The number of amides is 2. The van der Waals surface area contributed by atoms with Crippen LogP contribution in [0.3, 0.4) is 0 Å². The predicted molar refractivity (Wildman–Crippen MR) is 95.6 cm³/mol. The highest BCUT2D eigenvalue weighted by atomic mass is 16.5. The van der Waals surface area contributed by atoms with Crippen molar-refractivity contribution in [1.82, 2.24) is 15.2 Å². The number of hydrogen-bond acceptors (Lipinski definition) is 4. The van der Waals surface area contributed by atoms with E-state index in [9.17, 15) is 4.79 Å². The monoisotopic (exact) mass is 343 g/mol. The molecule has 2 aromatic rings. The molecule has 0 radical (unpaired) electrons. The van der Waals surface area contributed by atoms with Gasteiger partial charge in [0.1, 0.15) is 12.0 Å². The Morgan fingerprint density at radius 2 is 2.20 bits per heavy atom. The SMILES string of the molecule is COc1ccc(-c2nc(CCNC(=O)N3CCC[C@@H](C)C3)co2)cc1. The molecule has 0 spiro atoms. The maximum absolute atomic E-state index is 12.2. The maximum atomic E-state index is 12.2. The van der Waals surface area contributed by atoms with Crippen LogP contribution in [-0.2, 0) is 6.42 Å². The summed E-state index contributed by atoms with van der Waals surface area (Å²) < 4.78 is 10.7. The van der Waals surface area contributed by atoms with Crippen molar-refractivity contribution in [1.29, 1.82) is 0 Å². The molecule has 6 nitrogen and oxygen atoms in total. The third kappa shape index (κ3) is 4.53. The third-order valence-corrected chi connectivity index (χ3v) is 4.49. The van der Waals surface area contributed by atoms with Crippen LogP contribution in [0, 0.1) is 5.92 Å². The van der Waals surface area contributed by atoms with Gasteiger partial charge in [-0.1, -0.05) is 6.92 Å². The van der Waals surface area contributed by atoms with Gasteiger partial charge in [0, 0.05) is 31.6 Å². The van der Waals surface area contributed by atoms with E-state index in [4.69, 9.17) is 9.15 Å². The van der Waals surface area contributed by atoms with Crippen LogP contribution in [0.4, 0.5) is 4.79 Å². The van der Waals surface area contributed by atoms with E-state index in [0.717, 1.165) is 36.5 Å². The third-order valence-electron chi connectivity index (χ3n) is 4.49. The zero-order valence-corrected chi connectivity index (χ0v) is 14.8. The number of benzene rings is 1. The summed E-state index contributed by atoms with van der Waals surface area (Å²) in [7, 11) is 1.64. The highest BCUT2D eigenvalue weighted by Gasteiger charge is 2.20. The number of oxazole rings is 1. The van der Waals surface area contributed by atoms with Crippen molar-refractivity contribution in [2.24, 2.45) is 5.92 Å². The summed E-state index contributed by atoms with van der Waals surface area (Å²) in [5, 5.41) is 2.97. The van der Waals surface area contributed by atoms with Crippen LogP contribution in [0.1, 0.15) is 25.5 Å². The van der Waals surface area contributed by atoms with Crippen molar-refractivity contribution >= 4 is 6.03 Å². The molecule has 1 N–H and O–H groups in total. The summed E-state index contributed by atoms with van der Waals surface area (Å²) in [5.74, 6) is 1.96. The number of hydrogen-bond donors (Lipinski definition) is 1. The van der Waals surface area contributed by atoms with Gasteiger partial charge in [-0.2, -0.15) is 0 Å². The Morgan fingerprint density at radius 3 is 2.92 bits per heavy atom. The Hall–Kier alpha value is -2.50. The number of methoxy groups -OCH3 is 1. The molecule has 1 aliphatic heterocycles. The van der Waals surface area contributed by atoms with Crippen LogP contribution < -0.4 is 10.1 Å². The summed E-state index contributed by atoms with van der Waals surface area (Å²) >= 11 is 0. The van der Waals surface area contributed by atoms with Crippen molar-refractivity contribution in [2.75, 3.05) is 26.7 Å². The van der Waals surface area contributed by atoms with Crippen molar-refractivity contribution in [3.8, 4) is 17.2 Å². The fourth-order valence-corrected chi connectivity index (χ4v) is 3.07. The number of piperidine rings is 1. The first-order chi connectivity index (χ1) is 12.2. The normalized spacial score (nSPS) is 17.4. The lowest BCUT2D eigenvalue weighted by Gasteiger charge is -2.30.